The molecule has 44 heavy (non-hydrogen) atoms. The van der Waals surface area contributed by atoms with Gasteiger partial charge in [0.1, 0.15) is 30.4 Å². The quantitative estimate of drug-likeness (QED) is 0.142. The number of hydrogen-bond acceptors (Lipinski definition) is 7. The van der Waals surface area contributed by atoms with Crippen LogP contribution in [-0.4, -0.2) is 41.3 Å². The van der Waals surface area contributed by atoms with E-state index < -0.39 is 22.5 Å². The number of hydrazone groups is 1. The molecule has 0 saturated carbocycles. The van der Waals surface area contributed by atoms with Crippen LogP contribution in [0.5, 0.6) is 17.2 Å². The van der Waals surface area contributed by atoms with Gasteiger partial charge in [-0.1, -0.05) is 54.6 Å². The number of methoxy groups -OCH3 is 2. The number of rotatable bonds is 12. The molecule has 0 unspecified atom stereocenters. The molecule has 0 aliphatic rings. The molecule has 5 aromatic carbocycles. The highest BCUT2D eigenvalue weighted by molar-refractivity contribution is 7.92. The molecule has 9 nitrogen and oxygen atoms in total. The third kappa shape index (κ3) is 7.16. The summed E-state index contributed by atoms with van der Waals surface area (Å²) in [7, 11) is -1.23. The van der Waals surface area contributed by atoms with E-state index in [1.807, 2.05) is 30.3 Å². The summed E-state index contributed by atoms with van der Waals surface area (Å²) in [6, 6.07) is 34.2. The lowest BCUT2D eigenvalue weighted by molar-refractivity contribution is -0.119. The molecule has 5 rings (SSSR count). The number of sulfonamides is 1. The number of anilines is 1. The number of nitrogens with zero attached hydrogens (tertiary/aromatic N) is 2. The summed E-state index contributed by atoms with van der Waals surface area (Å²) in [5, 5.41) is 6.36. The van der Waals surface area contributed by atoms with Crippen molar-refractivity contribution < 1.29 is 27.4 Å². The second-order valence-electron chi connectivity index (χ2n) is 9.69. The summed E-state index contributed by atoms with van der Waals surface area (Å²) < 4.78 is 44.8. The van der Waals surface area contributed by atoms with Crippen LogP contribution in [0, 0.1) is 0 Å². The van der Waals surface area contributed by atoms with Crippen molar-refractivity contribution in [1.29, 1.82) is 0 Å². The van der Waals surface area contributed by atoms with Gasteiger partial charge in [0.15, 0.2) is 0 Å². The van der Waals surface area contributed by atoms with Crippen molar-refractivity contribution in [3.05, 3.63) is 126 Å². The van der Waals surface area contributed by atoms with E-state index in [-0.39, 0.29) is 16.3 Å². The molecule has 0 saturated heterocycles. The van der Waals surface area contributed by atoms with Crippen LogP contribution in [0.25, 0.3) is 10.8 Å². The topological polar surface area (TPSA) is 107 Å². The molecule has 0 fully saturated rings. The molecule has 0 heterocycles. The van der Waals surface area contributed by atoms with E-state index in [1.54, 1.807) is 42.5 Å². The van der Waals surface area contributed by atoms with Crippen LogP contribution in [-0.2, 0) is 21.4 Å². The standard InChI is InChI=1S/C34H31N3O6S/c1-41-30-18-19-32(33(21-30)42-2)37(44(39,40)31-10-4-3-5-11-31)23-34(38)36-35-22-25-13-16-29(17-14-25)43-24-26-12-15-27-8-6-7-9-28(27)20-26/h3-22H,23-24H2,1-2H3,(H,36,38)/b35-22-. The fourth-order valence-corrected chi connectivity index (χ4v) is 5.95. The van der Waals surface area contributed by atoms with Gasteiger partial charge in [-0.3, -0.25) is 9.10 Å². The van der Waals surface area contributed by atoms with Gasteiger partial charge in [-0.15, -0.1) is 0 Å². The summed E-state index contributed by atoms with van der Waals surface area (Å²) in [6.07, 6.45) is 1.47. The van der Waals surface area contributed by atoms with Crippen LogP contribution in [0.3, 0.4) is 0 Å². The van der Waals surface area contributed by atoms with Crippen LogP contribution in [0.2, 0.25) is 0 Å². The first-order chi connectivity index (χ1) is 21.4. The maximum absolute atomic E-state index is 13.6. The number of ether oxygens (including phenoxy) is 3. The molecule has 0 atom stereocenters. The Morgan fingerprint density at radius 2 is 1.50 bits per heavy atom. The van der Waals surface area contributed by atoms with Gasteiger partial charge in [0.2, 0.25) is 0 Å². The molecule has 10 heteroatoms. The molecule has 0 aromatic heterocycles. The highest BCUT2D eigenvalue weighted by Gasteiger charge is 2.29. The Morgan fingerprint density at radius 3 is 2.23 bits per heavy atom. The lowest BCUT2D eigenvalue weighted by Crippen LogP contribution is -2.39. The Labute approximate surface area is 256 Å². The van der Waals surface area contributed by atoms with E-state index in [0.29, 0.717) is 23.7 Å². The van der Waals surface area contributed by atoms with Crippen molar-refractivity contribution >= 4 is 38.6 Å². The molecule has 0 spiro atoms. The van der Waals surface area contributed by atoms with Crippen molar-refractivity contribution in [1.82, 2.24) is 5.43 Å². The van der Waals surface area contributed by atoms with Crippen LogP contribution >= 0.6 is 0 Å². The molecule has 1 N–H and O–H groups in total. The minimum absolute atomic E-state index is 0.0251. The van der Waals surface area contributed by atoms with Gasteiger partial charge in [-0.05, 0) is 76.5 Å². The van der Waals surface area contributed by atoms with E-state index in [0.717, 1.165) is 15.3 Å². The van der Waals surface area contributed by atoms with Crippen LogP contribution in [0.15, 0.2) is 125 Å². The third-order valence-corrected chi connectivity index (χ3v) is 8.55. The van der Waals surface area contributed by atoms with Gasteiger partial charge in [0, 0.05) is 6.07 Å². The Hall–Kier alpha value is -5.35. The SMILES string of the molecule is COc1ccc(N(CC(=O)N/N=C\c2ccc(OCc3ccc4ccccc4c3)cc2)S(=O)(=O)c2ccccc2)c(OC)c1. The number of carbonyl (C=O) groups excluding carboxylic acids is 1. The van der Waals surface area contributed by atoms with Gasteiger partial charge in [-0.2, -0.15) is 5.10 Å². The van der Waals surface area contributed by atoms with Crippen molar-refractivity contribution in [2.45, 2.75) is 11.5 Å². The summed E-state index contributed by atoms with van der Waals surface area (Å²) in [5.41, 5.74) is 4.37. The van der Waals surface area contributed by atoms with E-state index in [1.165, 1.54) is 44.0 Å². The maximum Gasteiger partial charge on any atom is 0.264 e. The lowest BCUT2D eigenvalue weighted by atomic mass is 10.1. The summed E-state index contributed by atoms with van der Waals surface area (Å²) in [4.78, 5) is 13.0. The highest BCUT2D eigenvalue weighted by Crippen LogP contribution is 2.35. The summed E-state index contributed by atoms with van der Waals surface area (Å²) in [6.45, 7) is -0.117. The zero-order chi connectivity index (χ0) is 30.9. The minimum atomic E-state index is -4.13. The second kappa shape index (κ2) is 13.7. The Morgan fingerprint density at radius 1 is 0.795 bits per heavy atom. The van der Waals surface area contributed by atoms with Crippen molar-refractivity contribution in [2.75, 3.05) is 25.1 Å². The molecular weight excluding hydrogens is 578 g/mol. The normalized spacial score (nSPS) is 11.3. The lowest BCUT2D eigenvalue weighted by Gasteiger charge is -2.25. The smallest absolute Gasteiger partial charge is 0.264 e. The predicted molar refractivity (Wildman–Crippen MR) is 171 cm³/mol. The number of hydrogen-bond donors (Lipinski definition) is 1. The molecule has 0 aliphatic carbocycles. The zero-order valence-corrected chi connectivity index (χ0v) is 25.0. The molecule has 0 aliphatic heterocycles. The number of carbonyl (C=O) groups is 1. The predicted octanol–water partition coefficient (Wildman–Crippen LogP) is 5.78. The number of amides is 1. The molecule has 1 amide bonds. The van der Waals surface area contributed by atoms with Gasteiger partial charge in [-0.25, -0.2) is 13.8 Å². The fourth-order valence-electron chi connectivity index (χ4n) is 4.50. The molecule has 0 radical (unpaired) electrons. The highest BCUT2D eigenvalue weighted by atomic mass is 32.2. The average molecular weight is 610 g/mol. The van der Waals surface area contributed by atoms with E-state index in [4.69, 9.17) is 14.2 Å². The van der Waals surface area contributed by atoms with Crippen LogP contribution in [0.4, 0.5) is 5.69 Å². The monoisotopic (exact) mass is 609 g/mol. The maximum atomic E-state index is 13.6. The molecule has 5 aromatic rings. The minimum Gasteiger partial charge on any atom is -0.497 e. The first kappa shape index (κ1) is 30.1. The summed E-state index contributed by atoms with van der Waals surface area (Å²) >= 11 is 0. The van der Waals surface area contributed by atoms with E-state index in [9.17, 15) is 13.2 Å². The average Bonchev–Trinajstić information content (AvgIpc) is 3.06. The fraction of sp³-hybridized carbons (Fsp3) is 0.118. The van der Waals surface area contributed by atoms with Crippen molar-refractivity contribution in [3.63, 3.8) is 0 Å². The largest absolute Gasteiger partial charge is 0.497 e. The third-order valence-electron chi connectivity index (χ3n) is 6.78. The molecular formula is C34H31N3O6S. The van der Waals surface area contributed by atoms with Crippen molar-refractivity contribution in [3.8, 4) is 17.2 Å². The number of benzene rings is 5. The van der Waals surface area contributed by atoms with Crippen molar-refractivity contribution in [2.24, 2.45) is 5.10 Å². The van der Waals surface area contributed by atoms with E-state index >= 15 is 0 Å². The van der Waals surface area contributed by atoms with Gasteiger partial charge < -0.3 is 14.2 Å². The number of nitrogens with one attached hydrogen (secondary N) is 1. The van der Waals surface area contributed by atoms with Gasteiger partial charge in [0.25, 0.3) is 15.9 Å². The second-order valence-corrected chi connectivity index (χ2v) is 11.6. The first-order valence-electron chi connectivity index (χ1n) is 13.7. The Bertz CT molecular complexity index is 1880. The zero-order valence-electron chi connectivity index (χ0n) is 24.2. The van der Waals surface area contributed by atoms with Crippen LogP contribution in [0.1, 0.15) is 11.1 Å². The summed E-state index contributed by atoms with van der Waals surface area (Å²) in [5.74, 6) is 0.744. The van der Waals surface area contributed by atoms with E-state index in [2.05, 4.69) is 34.8 Å². The Balaban J connectivity index is 1.24. The number of fused-ring (bicyclic) bond motifs is 1. The van der Waals surface area contributed by atoms with Gasteiger partial charge >= 0.3 is 0 Å². The van der Waals surface area contributed by atoms with Gasteiger partial charge in [0.05, 0.1) is 31.0 Å². The molecule has 224 valence electrons. The Kier molecular flexibility index (Phi) is 9.41. The first-order valence-corrected chi connectivity index (χ1v) is 15.1. The van der Waals surface area contributed by atoms with Crippen LogP contribution < -0.4 is 23.9 Å². The molecule has 0 bridgehead atoms.